The van der Waals surface area contributed by atoms with Gasteiger partial charge in [-0.15, -0.1) is 11.3 Å². The van der Waals surface area contributed by atoms with Crippen molar-refractivity contribution in [1.82, 2.24) is 4.31 Å². The lowest BCUT2D eigenvalue weighted by Gasteiger charge is -2.21. The van der Waals surface area contributed by atoms with Gasteiger partial charge in [0.15, 0.2) is 0 Å². The minimum atomic E-state index is -3.82. The number of rotatable bonds is 6. The molecule has 1 aromatic heterocycles. The molecule has 160 valence electrons. The van der Waals surface area contributed by atoms with Crippen LogP contribution in [-0.2, 0) is 21.4 Å². The number of halogens is 1. The van der Waals surface area contributed by atoms with Crippen molar-refractivity contribution in [3.8, 4) is 10.4 Å². The number of thiophene rings is 1. The zero-order chi connectivity index (χ0) is 22.2. The second-order valence-corrected chi connectivity index (χ2v) is 10.2. The number of hydrogen-bond acceptors (Lipinski definition) is 4. The molecular formula is C23H20FNO4S2. The third-order valence-corrected chi connectivity index (χ3v) is 8.43. The van der Waals surface area contributed by atoms with Crippen molar-refractivity contribution in [1.29, 1.82) is 0 Å². The SMILES string of the molecule is CCC(C(=O)O)N1Cc2sc(-c3ccc(/C=C/c4ccc(F)cc4)cc3)cc2S1(=O)=O. The van der Waals surface area contributed by atoms with Crippen LogP contribution in [0.25, 0.3) is 22.6 Å². The summed E-state index contributed by atoms with van der Waals surface area (Å²) in [4.78, 5) is 13.1. The number of hydrogen-bond donors (Lipinski definition) is 1. The minimum absolute atomic E-state index is 0.0889. The molecule has 0 aliphatic carbocycles. The van der Waals surface area contributed by atoms with Crippen LogP contribution in [0.2, 0.25) is 0 Å². The summed E-state index contributed by atoms with van der Waals surface area (Å²) in [5, 5.41) is 9.34. The highest BCUT2D eigenvalue weighted by Gasteiger charge is 2.42. The maximum absolute atomic E-state index is 13.0. The number of aliphatic carboxylic acids is 1. The fraction of sp³-hybridized carbons (Fsp3) is 0.174. The molecule has 5 nitrogen and oxygen atoms in total. The lowest BCUT2D eigenvalue weighted by atomic mass is 10.1. The van der Waals surface area contributed by atoms with Crippen molar-refractivity contribution in [2.24, 2.45) is 0 Å². The number of fused-ring (bicyclic) bond motifs is 1. The molecule has 8 heteroatoms. The molecule has 1 aliphatic heterocycles. The summed E-state index contributed by atoms with van der Waals surface area (Å²) in [5.74, 6) is -1.41. The highest BCUT2D eigenvalue weighted by Crippen LogP contribution is 2.42. The predicted octanol–water partition coefficient (Wildman–Crippen LogP) is 5.09. The minimum Gasteiger partial charge on any atom is -0.480 e. The van der Waals surface area contributed by atoms with E-state index < -0.39 is 22.0 Å². The molecular weight excluding hydrogens is 437 g/mol. The molecule has 1 atom stereocenters. The lowest BCUT2D eigenvalue weighted by Crippen LogP contribution is -2.40. The number of carboxylic acids is 1. The normalized spacial score (nSPS) is 16.5. The van der Waals surface area contributed by atoms with E-state index in [-0.39, 0.29) is 23.7 Å². The third kappa shape index (κ3) is 4.19. The van der Waals surface area contributed by atoms with Gasteiger partial charge >= 0.3 is 5.97 Å². The van der Waals surface area contributed by atoms with Gasteiger partial charge in [-0.25, -0.2) is 12.8 Å². The van der Waals surface area contributed by atoms with E-state index in [0.717, 1.165) is 25.9 Å². The lowest BCUT2D eigenvalue weighted by molar-refractivity contribution is -0.141. The number of carbonyl (C=O) groups is 1. The van der Waals surface area contributed by atoms with Crippen LogP contribution in [-0.4, -0.2) is 29.8 Å². The standard InChI is InChI=1S/C23H20FNO4S2/c1-2-19(23(26)27)25-14-21-22(31(25,28)29)13-20(30-21)17-9-5-15(6-10-17)3-4-16-7-11-18(24)12-8-16/h3-13,19H,2,14H2,1H3,(H,26,27)/b4-3+. The van der Waals surface area contributed by atoms with Gasteiger partial charge < -0.3 is 5.11 Å². The summed E-state index contributed by atoms with van der Waals surface area (Å²) in [6.45, 7) is 1.75. The zero-order valence-electron chi connectivity index (χ0n) is 16.7. The molecule has 1 N–H and O–H groups in total. The molecule has 0 amide bonds. The van der Waals surface area contributed by atoms with E-state index >= 15 is 0 Å². The Morgan fingerprint density at radius 1 is 1.13 bits per heavy atom. The van der Waals surface area contributed by atoms with Gasteiger partial charge in [0.1, 0.15) is 11.9 Å². The van der Waals surface area contributed by atoms with Gasteiger partial charge in [-0.1, -0.05) is 55.5 Å². The summed E-state index contributed by atoms with van der Waals surface area (Å²) < 4.78 is 39.8. The first-order valence-electron chi connectivity index (χ1n) is 9.71. The molecule has 0 fully saturated rings. The Morgan fingerprint density at radius 3 is 2.23 bits per heavy atom. The Morgan fingerprint density at radius 2 is 1.71 bits per heavy atom. The second kappa shape index (κ2) is 8.37. The average Bonchev–Trinajstić information content (AvgIpc) is 3.27. The third-order valence-electron chi connectivity index (χ3n) is 5.21. The molecule has 0 radical (unpaired) electrons. The number of carboxylic acid groups (broad SMARTS) is 1. The quantitative estimate of drug-likeness (QED) is 0.523. The van der Waals surface area contributed by atoms with Crippen LogP contribution < -0.4 is 0 Å². The summed E-state index contributed by atoms with van der Waals surface area (Å²) in [5.41, 5.74) is 2.75. The Bertz CT molecular complexity index is 1250. The van der Waals surface area contributed by atoms with E-state index in [1.807, 2.05) is 36.4 Å². The van der Waals surface area contributed by atoms with Crippen molar-refractivity contribution < 1.29 is 22.7 Å². The average molecular weight is 458 g/mol. The van der Waals surface area contributed by atoms with Crippen molar-refractivity contribution in [3.63, 3.8) is 0 Å². The molecule has 2 aromatic carbocycles. The first-order valence-corrected chi connectivity index (χ1v) is 12.0. The predicted molar refractivity (Wildman–Crippen MR) is 120 cm³/mol. The molecule has 0 bridgehead atoms. The summed E-state index contributed by atoms with van der Waals surface area (Å²) in [7, 11) is -3.82. The van der Waals surface area contributed by atoms with Crippen LogP contribution >= 0.6 is 11.3 Å². The van der Waals surface area contributed by atoms with Gasteiger partial charge in [0.2, 0.25) is 10.0 Å². The van der Waals surface area contributed by atoms with Crippen LogP contribution in [0.1, 0.15) is 29.3 Å². The van der Waals surface area contributed by atoms with E-state index in [9.17, 15) is 22.7 Å². The van der Waals surface area contributed by atoms with Crippen LogP contribution in [0.4, 0.5) is 4.39 Å². The molecule has 0 spiro atoms. The summed E-state index contributed by atoms with van der Waals surface area (Å²) in [6.07, 6.45) is 4.02. The fourth-order valence-electron chi connectivity index (χ4n) is 3.54. The van der Waals surface area contributed by atoms with E-state index in [4.69, 9.17) is 0 Å². The number of sulfonamides is 1. The van der Waals surface area contributed by atoms with Gasteiger partial charge in [-0.3, -0.25) is 4.79 Å². The van der Waals surface area contributed by atoms with E-state index in [2.05, 4.69) is 0 Å². The zero-order valence-corrected chi connectivity index (χ0v) is 18.3. The van der Waals surface area contributed by atoms with Crippen molar-refractivity contribution in [2.45, 2.75) is 30.8 Å². The molecule has 31 heavy (non-hydrogen) atoms. The van der Waals surface area contributed by atoms with Gasteiger partial charge in [0.25, 0.3) is 0 Å². The van der Waals surface area contributed by atoms with E-state index in [1.54, 1.807) is 25.1 Å². The Kier molecular flexibility index (Phi) is 5.79. The first kappa shape index (κ1) is 21.4. The highest BCUT2D eigenvalue weighted by atomic mass is 32.2. The Hall–Kier alpha value is -2.81. The van der Waals surface area contributed by atoms with Crippen LogP contribution in [0, 0.1) is 5.82 Å². The van der Waals surface area contributed by atoms with Crippen LogP contribution in [0.5, 0.6) is 0 Å². The summed E-state index contributed by atoms with van der Waals surface area (Å²) >= 11 is 1.37. The van der Waals surface area contributed by atoms with Gasteiger partial charge in [0, 0.05) is 9.75 Å². The number of nitrogens with zero attached hydrogens (tertiary/aromatic N) is 1. The maximum Gasteiger partial charge on any atom is 0.322 e. The largest absolute Gasteiger partial charge is 0.480 e. The van der Waals surface area contributed by atoms with Crippen molar-refractivity contribution >= 4 is 39.5 Å². The monoisotopic (exact) mass is 457 g/mol. The number of benzene rings is 2. The topological polar surface area (TPSA) is 74.7 Å². The molecule has 2 heterocycles. The first-order chi connectivity index (χ1) is 14.8. The van der Waals surface area contributed by atoms with Crippen LogP contribution in [0.3, 0.4) is 0 Å². The van der Waals surface area contributed by atoms with Gasteiger partial charge in [0.05, 0.1) is 11.4 Å². The maximum atomic E-state index is 13.0. The molecule has 1 aliphatic rings. The second-order valence-electron chi connectivity index (χ2n) is 7.22. The molecule has 0 saturated carbocycles. The van der Waals surface area contributed by atoms with Crippen LogP contribution in [0.15, 0.2) is 59.5 Å². The van der Waals surface area contributed by atoms with Crippen molar-refractivity contribution in [3.05, 3.63) is 76.4 Å². The molecule has 1 unspecified atom stereocenters. The summed E-state index contributed by atoms with van der Waals surface area (Å²) in [6, 6.07) is 14.5. The smallest absolute Gasteiger partial charge is 0.322 e. The fourth-order valence-corrected chi connectivity index (χ4v) is 6.94. The Labute approximate surface area is 184 Å². The molecule has 4 rings (SSSR count). The van der Waals surface area contributed by atoms with E-state index in [0.29, 0.717) is 4.88 Å². The van der Waals surface area contributed by atoms with Gasteiger partial charge in [-0.2, -0.15) is 4.31 Å². The molecule has 0 saturated heterocycles. The molecule has 3 aromatic rings. The Balaban J connectivity index is 1.54. The highest BCUT2D eigenvalue weighted by molar-refractivity contribution is 7.89. The van der Waals surface area contributed by atoms with E-state index in [1.165, 1.54) is 23.5 Å². The van der Waals surface area contributed by atoms with Crippen molar-refractivity contribution in [2.75, 3.05) is 0 Å². The van der Waals surface area contributed by atoms with Gasteiger partial charge in [-0.05, 0) is 41.3 Å².